The summed E-state index contributed by atoms with van der Waals surface area (Å²) < 4.78 is 4.87. The van der Waals surface area contributed by atoms with E-state index in [1.165, 1.54) is 19.2 Å². The number of benzene rings is 1. The second-order valence-corrected chi connectivity index (χ2v) is 4.76. The van der Waals surface area contributed by atoms with E-state index >= 15 is 0 Å². The average molecular weight is 269 g/mol. The van der Waals surface area contributed by atoms with Crippen LogP contribution >= 0.6 is 0 Å². The lowest BCUT2D eigenvalue weighted by Crippen LogP contribution is -2.21. The monoisotopic (exact) mass is 269 g/mol. The molecule has 104 valence electrons. The van der Waals surface area contributed by atoms with Crippen LogP contribution in [0, 0.1) is 10.1 Å². The molecule has 0 heterocycles. The number of hydrogen-bond donors (Lipinski definition) is 2. The zero-order valence-corrected chi connectivity index (χ0v) is 10.8. The van der Waals surface area contributed by atoms with E-state index in [1.54, 1.807) is 13.8 Å². The van der Waals surface area contributed by atoms with Gasteiger partial charge in [0, 0.05) is 11.5 Å². The van der Waals surface area contributed by atoms with Crippen LogP contribution in [0.5, 0.6) is 11.5 Å². The molecule has 0 spiro atoms. The number of nitro groups is 1. The highest BCUT2D eigenvalue weighted by atomic mass is 16.6. The van der Waals surface area contributed by atoms with Gasteiger partial charge in [0.25, 0.3) is 0 Å². The maximum atomic E-state index is 10.9. The van der Waals surface area contributed by atoms with Gasteiger partial charge in [-0.2, -0.15) is 0 Å². The summed E-state index contributed by atoms with van der Waals surface area (Å²) in [4.78, 5) is 20.9. The highest BCUT2D eigenvalue weighted by Gasteiger charge is 2.29. The first-order valence-corrected chi connectivity index (χ1v) is 5.46. The lowest BCUT2D eigenvalue weighted by atomic mass is 9.81. The topological polar surface area (TPSA) is 110 Å². The zero-order chi connectivity index (χ0) is 14.8. The Morgan fingerprint density at radius 3 is 2.47 bits per heavy atom. The minimum Gasteiger partial charge on any atom is -0.500 e. The van der Waals surface area contributed by atoms with Gasteiger partial charge in [0.15, 0.2) is 5.75 Å². The van der Waals surface area contributed by atoms with Crippen LogP contribution in [0.15, 0.2) is 12.1 Å². The molecule has 7 heteroatoms. The van der Waals surface area contributed by atoms with Crippen molar-refractivity contribution in [2.24, 2.45) is 0 Å². The van der Waals surface area contributed by atoms with E-state index in [-0.39, 0.29) is 12.2 Å². The Balaban J connectivity index is 3.40. The first-order valence-electron chi connectivity index (χ1n) is 5.46. The number of hydrogen-bond acceptors (Lipinski definition) is 5. The second-order valence-electron chi connectivity index (χ2n) is 4.76. The molecular formula is C12H15NO6. The van der Waals surface area contributed by atoms with Gasteiger partial charge < -0.3 is 14.9 Å². The van der Waals surface area contributed by atoms with Crippen LogP contribution in [0.2, 0.25) is 0 Å². The van der Waals surface area contributed by atoms with Crippen LogP contribution in [-0.2, 0) is 10.2 Å². The third-order valence-electron chi connectivity index (χ3n) is 2.85. The number of phenolic OH excluding ortho intramolecular Hbond substituents is 1. The van der Waals surface area contributed by atoms with Gasteiger partial charge in [-0.15, -0.1) is 0 Å². The lowest BCUT2D eigenvalue weighted by molar-refractivity contribution is -0.386. The van der Waals surface area contributed by atoms with Crippen LogP contribution in [0.3, 0.4) is 0 Å². The van der Waals surface area contributed by atoms with E-state index in [1.807, 2.05) is 0 Å². The first kappa shape index (κ1) is 14.7. The first-order chi connectivity index (χ1) is 8.69. The number of nitrogens with zero attached hydrogens (tertiary/aromatic N) is 1. The minimum atomic E-state index is -1.01. The van der Waals surface area contributed by atoms with Crippen LogP contribution in [0.1, 0.15) is 25.8 Å². The molecule has 0 fully saturated rings. The molecule has 0 aliphatic carbocycles. The van der Waals surface area contributed by atoms with Crippen molar-refractivity contribution in [1.82, 2.24) is 0 Å². The number of methoxy groups -OCH3 is 1. The Morgan fingerprint density at radius 1 is 1.47 bits per heavy atom. The molecular weight excluding hydrogens is 254 g/mol. The van der Waals surface area contributed by atoms with Crippen molar-refractivity contribution in [3.8, 4) is 11.5 Å². The van der Waals surface area contributed by atoms with Gasteiger partial charge in [0.2, 0.25) is 5.75 Å². The lowest BCUT2D eigenvalue weighted by Gasteiger charge is -2.23. The van der Waals surface area contributed by atoms with Gasteiger partial charge in [-0.25, -0.2) is 0 Å². The molecule has 0 amide bonds. The molecule has 0 radical (unpaired) electrons. The molecule has 19 heavy (non-hydrogen) atoms. The molecule has 0 aliphatic heterocycles. The molecule has 0 unspecified atom stereocenters. The fraction of sp³-hybridized carbons (Fsp3) is 0.417. The third-order valence-corrected chi connectivity index (χ3v) is 2.85. The van der Waals surface area contributed by atoms with Crippen LogP contribution < -0.4 is 4.74 Å². The van der Waals surface area contributed by atoms with Gasteiger partial charge in [0.1, 0.15) is 0 Å². The van der Waals surface area contributed by atoms with E-state index in [0.29, 0.717) is 5.56 Å². The van der Waals surface area contributed by atoms with Crippen molar-refractivity contribution in [3.63, 3.8) is 0 Å². The largest absolute Gasteiger partial charge is 0.500 e. The van der Waals surface area contributed by atoms with E-state index in [0.717, 1.165) is 0 Å². The van der Waals surface area contributed by atoms with Crippen molar-refractivity contribution in [1.29, 1.82) is 0 Å². The molecule has 0 bridgehead atoms. The maximum absolute atomic E-state index is 10.9. The van der Waals surface area contributed by atoms with E-state index in [2.05, 4.69) is 0 Å². The standard InChI is InChI=1S/C12H15NO6/c1-12(2,6-10(14)15)7-4-8(13(17)18)11(16)9(5-7)19-3/h4-5,16H,6H2,1-3H3,(H,14,15). The summed E-state index contributed by atoms with van der Waals surface area (Å²) in [6.07, 6.45) is -0.196. The molecule has 1 aromatic rings. The summed E-state index contributed by atoms with van der Waals surface area (Å²) in [5.74, 6) is -1.63. The average Bonchev–Trinajstić information content (AvgIpc) is 2.26. The summed E-state index contributed by atoms with van der Waals surface area (Å²) in [6, 6.07) is 2.58. The highest BCUT2D eigenvalue weighted by molar-refractivity contribution is 5.69. The number of phenols is 1. The summed E-state index contributed by atoms with van der Waals surface area (Å²) in [6.45, 7) is 3.30. The van der Waals surface area contributed by atoms with Crippen molar-refractivity contribution in [2.75, 3.05) is 7.11 Å². The molecule has 2 N–H and O–H groups in total. The molecule has 1 rings (SSSR count). The van der Waals surface area contributed by atoms with E-state index < -0.39 is 27.7 Å². The van der Waals surface area contributed by atoms with Crippen LogP contribution in [-0.4, -0.2) is 28.2 Å². The number of nitro benzene ring substituents is 1. The van der Waals surface area contributed by atoms with Crippen LogP contribution in [0.25, 0.3) is 0 Å². The Labute approximate surface area is 109 Å². The number of rotatable bonds is 5. The Morgan fingerprint density at radius 2 is 2.05 bits per heavy atom. The number of carboxylic acids is 1. The smallest absolute Gasteiger partial charge is 0.314 e. The number of carboxylic acid groups (broad SMARTS) is 1. The highest BCUT2D eigenvalue weighted by Crippen LogP contribution is 2.41. The number of aromatic hydroxyl groups is 1. The van der Waals surface area contributed by atoms with Crippen molar-refractivity contribution in [2.45, 2.75) is 25.7 Å². The molecule has 0 saturated heterocycles. The maximum Gasteiger partial charge on any atom is 0.314 e. The van der Waals surface area contributed by atoms with E-state index in [9.17, 15) is 20.0 Å². The fourth-order valence-corrected chi connectivity index (χ4v) is 1.76. The van der Waals surface area contributed by atoms with Gasteiger partial charge in [-0.05, 0) is 11.6 Å². The van der Waals surface area contributed by atoms with Gasteiger partial charge in [0.05, 0.1) is 18.5 Å². The number of ether oxygens (including phenoxy) is 1. The van der Waals surface area contributed by atoms with Crippen LogP contribution in [0.4, 0.5) is 5.69 Å². The van der Waals surface area contributed by atoms with Crippen molar-refractivity contribution < 1.29 is 24.7 Å². The molecule has 7 nitrogen and oxygen atoms in total. The summed E-state index contributed by atoms with van der Waals surface area (Å²) >= 11 is 0. The normalized spacial score (nSPS) is 11.1. The Kier molecular flexibility index (Phi) is 3.98. The summed E-state index contributed by atoms with van der Waals surface area (Å²) in [5.41, 5.74) is -0.915. The molecule has 0 aliphatic rings. The number of aliphatic carboxylic acids is 1. The summed E-state index contributed by atoms with van der Waals surface area (Å²) in [7, 11) is 1.27. The third kappa shape index (κ3) is 3.12. The Bertz CT molecular complexity index is 523. The van der Waals surface area contributed by atoms with Crippen molar-refractivity contribution in [3.05, 3.63) is 27.8 Å². The molecule has 0 saturated carbocycles. The molecule has 1 aromatic carbocycles. The molecule has 0 atom stereocenters. The van der Waals surface area contributed by atoms with Gasteiger partial charge >= 0.3 is 11.7 Å². The van der Waals surface area contributed by atoms with Gasteiger partial charge in [-0.1, -0.05) is 13.8 Å². The predicted octanol–water partition coefficient (Wildman–Crippen LogP) is 2.06. The van der Waals surface area contributed by atoms with E-state index in [4.69, 9.17) is 9.84 Å². The predicted molar refractivity (Wildman–Crippen MR) is 66.6 cm³/mol. The number of carbonyl (C=O) groups is 1. The molecule has 0 aromatic heterocycles. The zero-order valence-electron chi connectivity index (χ0n) is 10.8. The SMILES string of the molecule is COc1cc(C(C)(C)CC(=O)O)cc([N+](=O)[O-])c1O. The Hall–Kier alpha value is -2.31. The van der Waals surface area contributed by atoms with Gasteiger partial charge in [-0.3, -0.25) is 14.9 Å². The van der Waals surface area contributed by atoms with Crippen molar-refractivity contribution >= 4 is 11.7 Å². The summed E-state index contributed by atoms with van der Waals surface area (Å²) in [5, 5.41) is 29.4. The second kappa shape index (κ2) is 5.13. The fourth-order valence-electron chi connectivity index (χ4n) is 1.76. The minimum absolute atomic E-state index is 0.0531. The quantitative estimate of drug-likeness (QED) is 0.625.